The monoisotopic (exact) mass is 258 g/mol. The van der Waals surface area contributed by atoms with Crippen LogP contribution in [0.4, 0.5) is 24.5 Å². The van der Waals surface area contributed by atoms with Crippen LogP contribution in [0, 0.1) is 0 Å². The maximum Gasteiger partial charge on any atom is 0.416 e. The summed E-state index contributed by atoms with van der Waals surface area (Å²) in [4.78, 5) is 0. The van der Waals surface area contributed by atoms with Crippen molar-refractivity contribution in [2.45, 2.75) is 44.3 Å². The Morgan fingerprint density at radius 1 is 1.33 bits per heavy atom. The zero-order valence-electron chi connectivity index (χ0n) is 10.3. The molecule has 1 saturated carbocycles. The fourth-order valence-corrected chi connectivity index (χ4v) is 2.31. The Morgan fingerprint density at radius 3 is 2.39 bits per heavy atom. The molecule has 1 aliphatic carbocycles. The summed E-state index contributed by atoms with van der Waals surface area (Å²) in [5.41, 5.74) is 5.77. The highest BCUT2D eigenvalue weighted by atomic mass is 19.4. The number of nitrogens with one attached hydrogen (secondary N) is 1. The smallest absolute Gasteiger partial charge is 0.397 e. The molecule has 3 N–H and O–H groups in total. The van der Waals surface area contributed by atoms with Gasteiger partial charge in [0.1, 0.15) is 0 Å². The summed E-state index contributed by atoms with van der Waals surface area (Å²) in [6.45, 7) is 2.08. The lowest BCUT2D eigenvalue weighted by atomic mass is 9.74. The topological polar surface area (TPSA) is 38.0 Å². The summed E-state index contributed by atoms with van der Waals surface area (Å²) in [7, 11) is 0. The van der Waals surface area contributed by atoms with Crippen LogP contribution < -0.4 is 11.1 Å². The first-order chi connectivity index (χ1) is 8.36. The van der Waals surface area contributed by atoms with Gasteiger partial charge in [-0.05, 0) is 43.9 Å². The van der Waals surface area contributed by atoms with Gasteiger partial charge in [-0.2, -0.15) is 13.2 Å². The summed E-state index contributed by atoms with van der Waals surface area (Å²) >= 11 is 0. The van der Waals surface area contributed by atoms with E-state index in [9.17, 15) is 13.2 Å². The molecule has 0 bridgehead atoms. The Kier molecular flexibility index (Phi) is 3.17. The number of hydrogen-bond donors (Lipinski definition) is 2. The maximum atomic E-state index is 12.5. The predicted molar refractivity (Wildman–Crippen MR) is 66.4 cm³/mol. The lowest BCUT2D eigenvalue weighted by molar-refractivity contribution is -0.137. The molecule has 0 atom stereocenters. The number of nitrogens with two attached hydrogens (primary N) is 1. The van der Waals surface area contributed by atoms with E-state index < -0.39 is 11.7 Å². The van der Waals surface area contributed by atoms with Crippen molar-refractivity contribution in [2.75, 3.05) is 11.1 Å². The van der Waals surface area contributed by atoms with Crippen molar-refractivity contribution in [1.82, 2.24) is 0 Å². The molecule has 0 heterocycles. The van der Waals surface area contributed by atoms with Crippen LogP contribution in [0.1, 0.15) is 38.2 Å². The number of benzene rings is 1. The number of halogens is 3. The summed E-state index contributed by atoms with van der Waals surface area (Å²) < 4.78 is 37.5. The van der Waals surface area contributed by atoms with E-state index in [4.69, 9.17) is 5.73 Å². The van der Waals surface area contributed by atoms with Gasteiger partial charge in [0, 0.05) is 5.54 Å². The summed E-state index contributed by atoms with van der Waals surface area (Å²) in [6.07, 6.45) is -0.145. The van der Waals surface area contributed by atoms with Gasteiger partial charge in [-0.1, -0.05) is 6.92 Å². The molecule has 1 fully saturated rings. The molecule has 18 heavy (non-hydrogen) atoms. The normalized spacial score (nSPS) is 18.2. The summed E-state index contributed by atoms with van der Waals surface area (Å²) in [5, 5.41) is 3.30. The minimum Gasteiger partial charge on any atom is -0.397 e. The zero-order valence-corrected chi connectivity index (χ0v) is 10.3. The molecule has 0 amide bonds. The lowest BCUT2D eigenvalue weighted by Gasteiger charge is -2.43. The average Bonchev–Trinajstić information content (AvgIpc) is 2.24. The fourth-order valence-electron chi connectivity index (χ4n) is 2.31. The standard InChI is InChI=1S/C13H17F3N2/c1-2-12(6-3-7-12)18-11-5-4-9(8-10(11)17)13(14,15)16/h4-5,8,18H,2-3,6-7,17H2,1H3. The Morgan fingerprint density at radius 2 is 2.00 bits per heavy atom. The average molecular weight is 258 g/mol. The second kappa shape index (κ2) is 4.37. The number of rotatable bonds is 3. The molecule has 1 aromatic carbocycles. The number of hydrogen-bond acceptors (Lipinski definition) is 2. The van der Waals surface area contributed by atoms with Gasteiger partial charge in [-0.15, -0.1) is 0 Å². The maximum absolute atomic E-state index is 12.5. The van der Waals surface area contributed by atoms with Gasteiger partial charge < -0.3 is 11.1 Å². The van der Waals surface area contributed by atoms with Crippen LogP contribution in [0.25, 0.3) is 0 Å². The molecule has 1 aliphatic rings. The quantitative estimate of drug-likeness (QED) is 0.803. The molecule has 100 valence electrons. The van der Waals surface area contributed by atoms with Gasteiger partial charge in [-0.3, -0.25) is 0 Å². The number of anilines is 2. The van der Waals surface area contributed by atoms with E-state index in [0.717, 1.165) is 37.8 Å². The lowest BCUT2D eigenvalue weighted by Crippen LogP contribution is -2.44. The van der Waals surface area contributed by atoms with Gasteiger partial charge in [-0.25, -0.2) is 0 Å². The molecule has 0 radical (unpaired) electrons. The molecule has 5 heteroatoms. The van der Waals surface area contributed by atoms with Gasteiger partial charge >= 0.3 is 6.18 Å². The minimum atomic E-state index is -4.34. The first-order valence-corrected chi connectivity index (χ1v) is 6.11. The molecular weight excluding hydrogens is 241 g/mol. The minimum absolute atomic E-state index is 0.0217. The van der Waals surface area contributed by atoms with Gasteiger partial charge in [0.25, 0.3) is 0 Å². The van der Waals surface area contributed by atoms with Crippen LogP contribution in [-0.2, 0) is 6.18 Å². The Balaban J connectivity index is 2.20. The summed E-state index contributed by atoms with van der Waals surface area (Å²) in [6, 6.07) is 3.49. The van der Waals surface area contributed by atoms with Crippen molar-refractivity contribution in [2.24, 2.45) is 0 Å². The predicted octanol–water partition coefficient (Wildman–Crippen LogP) is 4.03. The van der Waals surface area contributed by atoms with E-state index in [1.54, 1.807) is 0 Å². The van der Waals surface area contributed by atoms with E-state index in [-0.39, 0.29) is 11.2 Å². The highest BCUT2D eigenvalue weighted by Crippen LogP contribution is 2.40. The number of alkyl halides is 3. The van der Waals surface area contributed by atoms with Crippen LogP contribution in [0.15, 0.2) is 18.2 Å². The first-order valence-electron chi connectivity index (χ1n) is 6.11. The Bertz CT molecular complexity index is 431. The number of nitrogen functional groups attached to an aromatic ring is 1. The third kappa shape index (κ3) is 2.40. The highest BCUT2D eigenvalue weighted by Gasteiger charge is 2.36. The molecule has 1 aromatic rings. The molecule has 0 aliphatic heterocycles. The van der Waals surface area contributed by atoms with E-state index in [0.29, 0.717) is 5.69 Å². The third-order valence-electron chi connectivity index (χ3n) is 3.77. The van der Waals surface area contributed by atoms with Crippen LogP contribution in [0.5, 0.6) is 0 Å². The summed E-state index contributed by atoms with van der Waals surface area (Å²) in [5.74, 6) is 0. The van der Waals surface area contributed by atoms with Gasteiger partial charge in [0.15, 0.2) is 0 Å². The molecular formula is C13H17F3N2. The van der Waals surface area contributed by atoms with E-state index in [1.165, 1.54) is 6.07 Å². The van der Waals surface area contributed by atoms with Crippen molar-refractivity contribution in [3.05, 3.63) is 23.8 Å². The third-order valence-corrected chi connectivity index (χ3v) is 3.77. The van der Waals surface area contributed by atoms with Crippen LogP contribution in [0.3, 0.4) is 0 Å². The Labute approximate surface area is 104 Å². The second-order valence-electron chi connectivity index (χ2n) is 4.91. The van der Waals surface area contributed by atoms with E-state index in [1.807, 2.05) is 0 Å². The van der Waals surface area contributed by atoms with Crippen molar-refractivity contribution in [3.63, 3.8) is 0 Å². The van der Waals surface area contributed by atoms with Crippen molar-refractivity contribution >= 4 is 11.4 Å². The molecule has 0 saturated heterocycles. The molecule has 2 nitrogen and oxygen atoms in total. The Hall–Kier alpha value is -1.39. The SMILES string of the molecule is CCC1(Nc2ccc(C(F)(F)F)cc2N)CCC1. The zero-order chi connectivity index (χ0) is 13.4. The van der Waals surface area contributed by atoms with Crippen molar-refractivity contribution in [1.29, 1.82) is 0 Å². The largest absolute Gasteiger partial charge is 0.416 e. The van der Waals surface area contributed by atoms with Crippen molar-refractivity contribution in [3.8, 4) is 0 Å². The van der Waals surface area contributed by atoms with Gasteiger partial charge in [0.2, 0.25) is 0 Å². The fraction of sp³-hybridized carbons (Fsp3) is 0.538. The van der Waals surface area contributed by atoms with Crippen LogP contribution >= 0.6 is 0 Å². The molecule has 0 aromatic heterocycles. The van der Waals surface area contributed by atoms with Crippen LogP contribution in [-0.4, -0.2) is 5.54 Å². The molecule has 0 spiro atoms. The van der Waals surface area contributed by atoms with E-state index >= 15 is 0 Å². The van der Waals surface area contributed by atoms with Gasteiger partial charge in [0.05, 0.1) is 16.9 Å². The second-order valence-corrected chi connectivity index (χ2v) is 4.91. The molecule has 0 unspecified atom stereocenters. The van der Waals surface area contributed by atoms with Crippen LogP contribution in [0.2, 0.25) is 0 Å². The first kappa shape index (κ1) is 13.1. The highest BCUT2D eigenvalue weighted by molar-refractivity contribution is 5.68. The van der Waals surface area contributed by atoms with Crippen molar-refractivity contribution < 1.29 is 13.2 Å². The molecule has 2 rings (SSSR count). The van der Waals surface area contributed by atoms with E-state index in [2.05, 4.69) is 12.2 Å².